The Morgan fingerprint density at radius 3 is 2.75 bits per heavy atom. The average molecular weight is 294 g/mol. The van der Waals surface area contributed by atoms with Crippen molar-refractivity contribution in [3.63, 3.8) is 0 Å². The molecule has 0 fully saturated rings. The number of halogens is 1. The topological polar surface area (TPSA) is 78.2 Å². The molecule has 0 aliphatic carbocycles. The number of aromatic nitrogens is 2. The highest BCUT2D eigenvalue weighted by Gasteiger charge is 2.17. The fraction of sp³-hybridized carbons (Fsp3) is 0.231. The summed E-state index contributed by atoms with van der Waals surface area (Å²) >= 11 is 5.83. The summed E-state index contributed by atoms with van der Waals surface area (Å²) in [7, 11) is 0. The Morgan fingerprint density at radius 1 is 1.35 bits per heavy atom. The van der Waals surface area contributed by atoms with Crippen LogP contribution in [0.5, 0.6) is 5.75 Å². The monoisotopic (exact) mass is 293 g/mol. The second kappa shape index (κ2) is 5.83. The van der Waals surface area contributed by atoms with Crippen LogP contribution in [-0.2, 0) is 6.61 Å². The van der Waals surface area contributed by atoms with Gasteiger partial charge in [0.15, 0.2) is 5.82 Å². The predicted octanol–water partition coefficient (Wildman–Crippen LogP) is 3.23. The number of rotatable bonds is 4. The van der Waals surface area contributed by atoms with E-state index in [9.17, 15) is 10.1 Å². The number of para-hydroxylation sites is 1. The molecule has 2 aromatic rings. The van der Waals surface area contributed by atoms with Gasteiger partial charge >= 0.3 is 5.69 Å². The molecule has 0 saturated heterocycles. The van der Waals surface area contributed by atoms with E-state index >= 15 is 0 Å². The summed E-state index contributed by atoms with van der Waals surface area (Å²) in [5.41, 5.74) is 1.31. The van der Waals surface area contributed by atoms with Crippen LogP contribution in [0.1, 0.15) is 17.1 Å². The van der Waals surface area contributed by atoms with Crippen LogP contribution >= 0.6 is 11.6 Å². The highest BCUT2D eigenvalue weighted by molar-refractivity contribution is 6.29. The molecule has 6 nitrogen and oxygen atoms in total. The summed E-state index contributed by atoms with van der Waals surface area (Å²) in [6.45, 7) is 3.55. The fourth-order valence-electron chi connectivity index (χ4n) is 1.76. The molecule has 0 aliphatic rings. The van der Waals surface area contributed by atoms with Crippen LogP contribution in [0.25, 0.3) is 0 Å². The molecule has 7 heteroatoms. The van der Waals surface area contributed by atoms with Gasteiger partial charge in [0, 0.05) is 11.8 Å². The molecule has 1 aromatic heterocycles. The maximum absolute atomic E-state index is 11.0. The van der Waals surface area contributed by atoms with Crippen molar-refractivity contribution in [1.29, 1.82) is 0 Å². The molecule has 2 rings (SSSR count). The largest absolute Gasteiger partial charge is 0.478 e. The molecule has 1 heterocycles. The Hall–Kier alpha value is -2.21. The number of nitrogens with zero attached hydrogens (tertiary/aromatic N) is 3. The first-order valence-corrected chi connectivity index (χ1v) is 6.22. The van der Waals surface area contributed by atoms with Gasteiger partial charge < -0.3 is 4.74 Å². The number of hydrogen-bond acceptors (Lipinski definition) is 5. The minimum absolute atomic E-state index is 0.0209. The Morgan fingerprint density at radius 2 is 2.10 bits per heavy atom. The maximum atomic E-state index is 11.0. The van der Waals surface area contributed by atoms with E-state index in [1.807, 2.05) is 0 Å². The molecule has 0 unspecified atom stereocenters. The first kappa shape index (κ1) is 14.2. The summed E-state index contributed by atoms with van der Waals surface area (Å²) in [5, 5.41) is 11.3. The third-order valence-corrected chi connectivity index (χ3v) is 2.80. The fourth-order valence-corrected chi connectivity index (χ4v) is 2.01. The van der Waals surface area contributed by atoms with Crippen molar-refractivity contribution < 1.29 is 9.66 Å². The van der Waals surface area contributed by atoms with E-state index in [4.69, 9.17) is 16.3 Å². The van der Waals surface area contributed by atoms with Gasteiger partial charge in [0.25, 0.3) is 0 Å². The maximum Gasteiger partial charge on any atom is 0.311 e. The second-order valence-corrected chi connectivity index (χ2v) is 4.60. The Balaban J connectivity index is 2.25. The van der Waals surface area contributed by atoms with Crippen molar-refractivity contribution in [1.82, 2.24) is 9.97 Å². The molecule has 0 atom stereocenters. The van der Waals surface area contributed by atoms with Crippen LogP contribution in [0, 0.1) is 24.0 Å². The minimum atomic E-state index is -0.480. The minimum Gasteiger partial charge on any atom is -0.478 e. The van der Waals surface area contributed by atoms with Crippen LogP contribution in [0.3, 0.4) is 0 Å². The van der Waals surface area contributed by atoms with Crippen LogP contribution in [-0.4, -0.2) is 14.9 Å². The summed E-state index contributed by atoms with van der Waals surface area (Å²) < 4.78 is 5.50. The molecular weight excluding hydrogens is 282 g/mol. The number of hydrogen-bond donors (Lipinski definition) is 0. The summed E-state index contributed by atoms with van der Waals surface area (Å²) in [4.78, 5) is 18.7. The van der Waals surface area contributed by atoms with Crippen molar-refractivity contribution in [3.05, 3.63) is 56.6 Å². The van der Waals surface area contributed by atoms with Gasteiger partial charge in [0.1, 0.15) is 11.8 Å². The van der Waals surface area contributed by atoms with Crippen molar-refractivity contribution in [3.8, 4) is 5.75 Å². The van der Waals surface area contributed by atoms with Gasteiger partial charge in [-0.25, -0.2) is 9.97 Å². The van der Waals surface area contributed by atoms with Gasteiger partial charge in [-0.1, -0.05) is 23.7 Å². The molecule has 0 aliphatic heterocycles. The molecule has 0 saturated carbocycles. The highest BCUT2D eigenvalue weighted by atomic mass is 35.5. The Labute approximate surface area is 120 Å². The summed E-state index contributed by atoms with van der Waals surface area (Å²) in [5.74, 6) is 0.603. The molecule has 0 radical (unpaired) electrons. The molecule has 0 N–H and O–H groups in total. The average Bonchev–Trinajstić information content (AvgIpc) is 2.35. The van der Waals surface area contributed by atoms with Crippen LogP contribution in [0.4, 0.5) is 5.69 Å². The van der Waals surface area contributed by atoms with Crippen molar-refractivity contribution in [2.75, 3.05) is 0 Å². The van der Waals surface area contributed by atoms with Gasteiger partial charge in [-0.3, -0.25) is 10.1 Å². The zero-order valence-electron chi connectivity index (χ0n) is 11.0. The normalized spacial score (nSPS) is 10.3. The first-order valence-electron chi connectivity index (χ1n) is 5.84. The predicted molar refractivity (Wildman–Crippen MR) is 73.9 cm³/mol. The van der Waals surface area contributed by atoms with E-state index in [1.54, 1.807) is 32.0 Å². The van der Waals surface area contributed by atoms with E-state index in [2.05, 4.69) is 9.97 Å². The lowest BCUT2D eigenvalue weighted by molar-refractivity contribution is -0.386. The summed E-state index contributed by atoms with van der Waals surface area (Å²) in [6.07, 6.45) is 0. The zero-order chi connectivity index (χ0) is 14.7. The molecule has 104 valence electrons. The van der Waals surface area contributed by atoms with Gasteiger partial charge in [-0.05, 0) is 25.5 Å². The van der Waals surface area contributed by atoms with Gasteiger partial charge in [0.2, 0.25) is 5.75 Å². The molecule has 1 aromatic carbocycles. The van der Waals surface area contributed by atoms with Crippen molar-refractivity contribution >= 4 is 17.3 Å². The van der Waals surface area contributed by atoms with E-state index in [1.165, 1.54) is 6.07 Å². The smallest absolute Gasteiger partial charge is 0.311 e. The molecule has 0 amide bonds. The number of aryl methyl sites for hydroxylation is 2. The lowest BCUT2D eigenvalue weighted by Gasteiger charge is -2.09. The second-order valence-electron chi connectivity index (χ2n) is 4.22. The van der Waals surface area contributed by atoms with E-state index < -0.39 is 4.92 Å². The van der Waals surface area contributed by atoms with Crippen LogP contribution < -0.4 is 4.74 Å². The van der Waals surface area contributed by atoms with E-state index in [-0.39, 0.29) is 18.0 Å². The lowest BCUT2D eigenvalue weighted by Crippen LogP contribution is -2.05. The summed E-state index contributed by atoms with van der Waals surface area (Å²) in [6, 6.07) is 6.38. The molecule has 20 heavy (non-hydrogen) atoms. The lowest BCUT2D eigenvalue weighted by atomic mass is 10.2. The quantitative estimate of drug-likeness (QED) is 0.491. The molecule has 0 spiro atoms. The molecule has 0 bridgehead atoms. The van der Waals surface area contributed by atoms with E-state index in [0.29, 0.717) is 22.2 Å². The highest BCUT2D eigenvalue weighted by Crippen LogP contribution is 2.30. The zero-order valence-corrected chi connectivity index (χ0v) is 11.7. The number of nitro benzene ring substituents is 1. The van der Waals surface area contributed by atoms with Crippen molar-refractivity contribution in [2.24, 2.45) is 0 Å². The Kier molecular flexibility index (Phi) is 4.14. The van der Waals surface area contributed by atoms with E-state index in [0.717, 1.165) is 0 Å². The van der Waals surface area contributed by atoms with Crippen LogP contribution in [0.15, 0.2) is 24.3 Å². The van der Waals surface area contributed by atoms with Gasteiger partial charge in [-0.15, -0.1) is 0 Å². The molecular formula is C13H12ClN3O3. The van der Waals surface area contributed by atoms with Crippen LogP contribution in [0.2, 0.25) is 5.15 Å². The number of nitro groups is 1. The number of benzene rings is 1. The third-order valence-electron chi connectivity index (χ3n) is 2.60. The SMILES string of the molecule is Cc1cc(Cl)nc(COc2c(C)cccc2[N+](=O)[O-])n1. The standard InChI is InChI=1S/C13H12ClN3O3/c1-8-4-3-5-10(17(18)19)13(8)20-7-12-15-9(2)6-11(14)16-12/h3-6H,7H2,1-2H3. The first-order chi connectivity index (χ1) is 9.47. The van der Waals surface area contributed by atoms with Gasteiger partial charge in [-0.2, -0.15) is 0 Å². The van der Waals surface area contributed by atoms with Crippen molar-refractivity contribution in [2.45, 2.75) is 20.5 Å². The Bertz CT molecular complexity index is 641. The number of ether oxygens (including phenoxy) is 1. The van der Waals surface area contributed by atoms with Gasteiger partial charge in [0.05, 0.1) is 4.92 Å². The third kappa shape index (κ3) is 3.21.